The molecule has 1 saturated heterocycles. The standard InChI is InChI=1S/C17H24N4O.2ClH/c1-12-3-2-4-14-17(12)21-15(20-14)5-6-16(22)19-10-8-13-7-9-18-11-13;;/h2-4,13,18H,5-11H2,1H3,(H,19,22)(H,20,21);2*1H. The fourth-order valence-electron chi connectivity index (χ4n) is 3.04. The molecule has 3 rings (SSSR count). The Hall–Kier alpha value is -1.30. The Bertz CT molecular complexity index is 653. The number of hydrogen-bond acceptors (Lipinski definition) is 3. The SMILES string of the molecule is Cc1cccc2[nH]c(CCC(=O)NCCC3CCNC3)nc12.Cl.Cl. The van der Waals surface area contributed by atoms with Gasteiger partial charge in [-0.3, -0.25) is 4.79 Å². The Kier molecular flexibility index (Phi) is 8.53. The fraction of sp³-hybridized carbons (Fsp3) is 0.529. The van der Waals surface area contributed by atoms with Gasteiger partial charge in [-0.15, -0.1) is 24.8 Å². The molecule has 2 aromatic rings. The van der Waals surface area contributed by atoms with E-state index in [2.05, 4.69) is 33.6 Å². The van der Waals surface area contributed by atoms with Crippen LogP contribution in [0.5, 0.6) is 0 Å². The first-order valence-corrected chi connectivity index (χ1v) is 8.14. The quantitative estimate of drug-likeness (QED) is 0.729. The van der Waals surface area contributed by atoms with Crippen molar-refractivity contribution >= 4 is 41.8 Å². The van der Waals surface area contributed by atoms with Crippen molar-refractivity contribution in [1.82, 2.24) is 20.6 Å². The summed E-state index contributed by atoms with van der Waals surface area (Å²) in [6.07, 6.45) is 3.45. The van der Waals surface area contributed by atoms with Crippen molar-refractivity contribution < 1.29 is 4.79 Å². The largest absolute Gasteiger partial charge is 0.356 e. The second-order valence-electron chi connectivity index (χ2n) is 6.15. The van der Waals surface area contributed by atoms with Crippen LogP contribution in [0, 0.1) is 12.8 Å². The second-order valence-corrected chi connectivity index (χ2v) is 6.15. The van der Waals surface area contributed by atoms with Crippen LogP contribution in [0.2, 0.25) is 0 Å². The zero-order chi connectivity index (χ0) is 15.4. The Balaban J connectivity index is 0.00000144. The summed E-state index contributed by atoms with van der Waals surface area (Å²) in [5.41, 5.74) is 3.21. The third kappa shape index (κ3) is 5.36. The highest BCUT2D eigenvalue weighted by Gasteiger charge is 2.14. The number of amides is 1. The molecule has 2 heterocycles. The molecule has 24 heavy (non-hydrogen) atoms. The van der Waals surface area contributed by atoms with E-state index < -0.39 is 0 Å². The van der Waals surface area contributed by atoms with E-state index >= 15 is 0 Å². The molecule has 1 aliphatic heterocycles. The summed E-state index contributed by atoms with van der Waals surface area (Å²) in [6.45, 7) is 5.04. The maximum absolute atomic E-state index is 11.9. The summed E-state index contributed by atoms with van der Waals surface area (Å²) in [5, 5.41) is 6.37. The zero-order valence-electron chi connectivity index (χ0n) is 13.9. The smallest absolute Gasteiger partial charge is 0.220 e. The van der Waals surface area contributed by atoms with Gasteiger partial charge in [0, 0.05) is 19.4 Å². The fourth-order valence-corrected chi connectivity index (χ4v) is 3.04. The minimum Gasteiger partial charge on any atom is -0.356 e. The van der Waals surface area contributed by atoms with Crippen LogP contribution >= 0.6 is 24.8 Å². The molecule has 1 aromatic carbocycles. The zero-order valence-corrected chi connectivity index (χ0v) is 15.6. The minimum absolute atomic E-state index is 0. The second kappa shape index (κ2) is 9.87. The molecule has 0 saturated carbocycles. The molecule has 0 radical (unpaired) electrons. The molecule has 7 heteroatoms. The maximum atomic E-state index is 11.9. The highest BCUT2D eigenvalue weighted by atomic mass is 35.5. The Morgan fingerprint density at radius 3 is 2.92 bits per heavy atom. The minimum atomic E-state index is 0. The average Bonchev–Trinajstić information content (AvgIpc) is 3.15. The van der Waals surface area contributed by atoms with Crippen molar-refractivity contribution in [3.63, 3.8) is 0 Å². The van der Waals surface area contributed by atoms with Crippen LogP contribution in [0.4, 0.5) is 0 Å². The first-order chi connectivity index (χ1) is 10.7. The maximum Gasteiger partial charge on any atom is 0.220 e. The number of fused-ring (bicyclic) bond motifs is 1. The number of nitrogens with one attached hydrogen (secondary N) is 3. The van der Waals surface area contributed by atoms with E-state index in [-0.39, 0.29) is 30.7 Å². The summed E-state index contributed by atoms with van der Waals surface area (Å²) in [4.78, 5) is 19.8. The molecule has 1 unspecified atom stereocenters. The number of benzene rings is 1. The van der Waals surface area contributed by atoms with Crippen LogP contribution < -0.4 is 10.6 Å². The monoisotopic (exact) mass is 372 g/mol. The number of halogens is 2. The number of aryl methyl sites for hydroxylation is 2. The van der Waals surface area contributed by atoms with Crippen molar-refractivity contribution in [2.45, 2.75) is 32.6 Å². The van der Waals surface area contributed by atoms with Gasteiger partial charge in [-0.05, 0) is 50.4 Å². The van der Waals surface area contributed by atoms with E-state index in [4.69, 9.17) is 0 Å². The van der Waals surface area contributed by atoms with Crippen molar-refractivity contribution in [2.24, 2.45) is 5.92 Å². The molecule has 1 aliphatic rings. The predicted octanol–water partition coefficient (Wildman–Crippen LogP) is 2.76. The number of aromatic nitrogens is 2. The Morgan fingerprint density at radius 2 is 2.21 bits per heavy atom. The Morgan fingerprint density at radius 1 is 1.38 bits per heavy atom. The average molecular weight is 373 g/mol. The van der Waals surface area contributed by atoms with E-state index in [1.165, 1.54) is 6.42 Å². The highest BCUT2D eigenvalue weighted by Crippen LogP contribution is 2.16. The van der Waals surface area contributed by atoms with E-state index in [0.717, 1.165) is 54.4 Å². The van der Waals surface area contributed by atoms with Crippen molar-refractivity contribution in [3.8, 4) is 0 Å². The van der Waals surface area contributed by atoms with Gasteiger partial charge in [-0.25, -0.2) is 4.98 Å². The molecular weight excluding hydrogens is 347 g/mol. The van der Waals surface area contributed by atoms with Crippen LogP contribution in [0.25, 0.3) is 11.0 Å². The number of rotatable bonds is 6. The lowest BCUT2D eigenvalue weighted by Gasteiger charge is -2.08. The number of imidazole rings is 1. The molecule has 1 amide bonds. The van der Waals surface area contributed by atoms with Gasteiger partial charge >= 0.3 is 0 Å². The highest BCUT2D eigenvalue weighted by molar-refractivity contribution is 5.85. The van der Waals surface area contributed by atoms with Crippen LogP contribution in [0.1, 0.15) is 30.7 Å². The van der Waals surface area contributed by atoms with Gasteiger partial charge in [0.2, 0.25) is 5.91 Å². The van der Waals surface area contributed by atoms with E-state index in [0.29, 0.717) is 12.8 Å². The van der Waals surface area contributed by atoms with Crippen molar-refractivity contribution in [1.29, 1.82) is 0 Å². The normalized spacial score (nSPS) is 16.5. The summed E-state index contributed by atoms with van der Waals surface area (Å²) >= 11 is 0. The molecule has 1 atom stereocenters. The lowest BCUT2D eigenvalue weighted by Crippen LogP contribution is -2.26. The van der Waals surface area contributed by atoms with Crippen molar-refractivity contribution in [3.05, 3.63) is 29.6 Å². The first-order valence-electron chi connectivity index (χ1n) is 8.14. The van der Waals surface area contributed by atoms with Crippen molar-refractivity contribution in [2.75, 3.05) is 19.6 Å². The molecule has 0 bridgehead atoms. The molecule has 3 N–H and O–H groups in total. The topological polar surface area (TPSA) is 69.8 Å². The van der Waals surface area contributed by atoms with Crippen LogP contribution in [0.3, 0.4) is 0 Å². The number of H-pyrrole nitrogens is 1. The molecule has 134 valence electrons. The first kappa shape index (κ1) is 20.7. The van der Waals surface area contributed by atoms with Crippen LogP contribution in [-0.2, 0) is 11.2 Å². The molecule has 0 aliphatic carbocycles. The Labute approximate surface area is 155 Å². The van der Waals surface area contributed by atoms with Gasteiger partial charge in [-0.1, -0.05) is 12.1 Å². The van der Waals surface area contributed by atoms with Gasteiger partial charge in [-0.2, -0.15) is 0 Å². The summed E-state index contributed by atoms with van der Waals surface area (Å²) in [6, 6.07) is 6.09. The van der Waals surface area contributed by atoms with Crippen LogP contribution in [0.15, 0.2) is 18.2 Å². The van der Waals surface area contributed by atoms with Gasteiger partial charge < -0.3 is 15.6 Å². The number of hydrogen-bond donors (Lipinski definition) is 3. The third-order valence-corrected chi connectivity index (χ3v) is 4.39. The van der Waals surface area contributed by atoms with Gasteiger partial charge in [0.05, 0.1) is 11.0 Å². The molecule has 5 nitrogen and oxygen atoms in total. The number of nitrogens with zero attached hydrogens (tertiary/aromatic N) is 1. The van der Waals surface area contributed by atoms with E-state index in [9.17, 15) is 4.79 Å². The molecule has 1 aromatic heterocycles. The third-order valence-electron chi connectivity index (χ3n) is 4.39. The number of aromatic amines is 1. The number of carbonyl (C=O) groups is 1. The van der Waals surface area contributed by atoms with Gasteiger partial charge in [0.1, 0.15) is 5.82 Å². The number of carbonyl (C=O) groups excluding carboxylic acids is 1. The lowest BCUT2D eigenvalue weighted by atomic mass is 10.1. The van der Waals surface area contributed by atoms with Gasteiger partial charge in [0.15, 0.2) is 0 Å². The number of para-hydroxylation sites is 1. The summed E-state index contributed by atoms with van der Waals surface area (Å²) < 4.78 is 0. The summed E-state index contributed by atoms with van der Waals surface area (Å²) in [7, 11) is 0. The molecular formula is C17H26Cl2N4O. The van der Waals surface area contributed by atoms with Crippen LogP contribution in [-0.4, -0.2) is 35.5 Å². The molecule has 0 spiro atoms. The molecule has 1 fully saturated rings. The lowest BCUT2D eigenvalue weighted by molar-refractivity contribution is -0.121. The van der Waals surface area contributed by atoms with E-state index in [1.807, 2.05) is 12.1 Å². The predicted molar refractivity (Wildman–Crippen MR) is 102 cm³/mol. The summed E-state index contributed by atoms with van der Waals surface area (Å²) in [5.74, 6) is 1.72. The van der Waals surface area contributed by atoms with Gasteiger partial charge in [0.25, 0.3) is 0 Å². The van der Waals surface area contributed by atoms with E-state index in [1.54, 1.807) is 0 Å².